The number of hydrogen-bond donors (Lipinski definition) is 3. The summed E-state index contributed by atoms with van der Waals surface area (Å²) in [6, 6.07) is 14.5. The standard InChI is InChI=1S/C30H43N5O5/c1-30(2,3)40-29(36)33-27(31)23-7-11-26(12-8-23)39-21-5-17-35-18-15-22(16-19-35)6-4-20-38-25-13-9-24(10-14-25)28(32)34-37/h7-14,22,37H,4-6,15-21H2,1-3H3,(H2,32,34)(H2,31,33,36). The molecule has 218 valence electrons. The van der Waals surface area contributed by atoms with Crippen molar-refractivity contribution in [3.8, 4) is 11.5 Å². The zero-order valence-corrected chi connectivity index (χ0v) is 23.8. The van der Waals surface area contributed by atoms with Crippen LogP contribution < -0.4 is 20.9 Å². The van der Waals surface area contributed by atoms with Crippen molar-refractivity contribution in [3.63, 3.8) is 0 Å². The Labute approximate surface area is 237 Å². The van der Waals surface area contributed by atoms with Gasteiger partial charge in [0.1, 0.15) is 22.9 Å². The highest BCUT2D eigenvalue weighted by Gasteiger charge is 2.19. The molecule has 1 amide bonds. The summed E-state index contributed by atoms with van der Waals surface area (Å²) in [5, 5.41) is 11.7. The molecule has 0 aromatic heterocycles. The molecule has 1 aliphatic rings. The van der Waals surface area contributed by atoms with Gasteiger partial charge in [-0.3, -0.25) is 0 Å². The van der Waals surface area contributed by atoms with Crippen molar-refractivity contribution < 1.29 is 24.2 Å². The number of amidine groups is 2. The van der Waals surface area contributed by atoms with Crippen molar-refractivity contribution in [1.82, 2.24) is 4.90 Å². The number of ether oxygens (including phenoxy) is 3. The zero-order chi connectivity index (χ0) is 29.0. The van der Waals surface area contributed by atoms with E-state index in [2.05, 4.69) is 15.0 Å². The third-order valence-electron chi connectivity index (χ3n) is 6.63. The Balaban J connectivity index is 1.26. The van der Waals surface area contributed by atoms with E-state index in [1.54, 1.807) is 45.0 Å². The minimum Gasteiger partial charge on any atom is -0.494 e. The van der Waals surface area contributed by atoms with Crippen LogP contribution in [0.3, 0.4) is 0 Å². The van der Waals surface area contributed by atoms with E-state index in [9.17, 15) is 4.79 Å². The molecule has 1 heterocycles. The van der Waals surface area contributed by atoms with Gasteiger partial charge in [-0.05, 0) is 120 Å². The van der Waals surface area contributed by atoms with Gasteiger partial charge >= 0.3 is 6.09 Å². The lowest BCUT2D eigenvalue weighted by Gasteiger charge is -2.32. The van der Waals surface area contributed by atoms with E-state index < -0.39 is 11.7 Å². The SMILES string of the molecule is CC(C)(C)OC(=O)N=C(N)c1ccc(OCCCN2CCC(CCCOc3ccc(C(N)=NO)cc3)CC2)cc1. The fourth-order valence-electron chi connectivity index (χ4n) is 4.49. The number of piperidine rings is 1. The molecule has 0 bridgehead atoms. The second kappa shape index (κ2) is 15.1. The number of nitrogens with zero attached hydrogens (tertiary/aromatic N) is 3. The highest BCUT2D eigenvalue weighted by Crippen LogP contribution is 2.23. The smallest absolute Gasteiger partial charge is 0.436 e. The molecule has 5 N–H and O–H groups in total. The Morgan fingerprint density at radius 1 is 0.900 bits per heavy atom. The number of nitrogens with two attached hydrogens (primary N) is 2. The van der Waals surface area contributed by atoms with E-state index in [4.69, 9.17) is 30.9 Å². The Morgan fingerprint density at radius 2 is 1.43 bits per heavy atom. The quantitative estimate of drug-likeness (QED) is 0.112. The lowest BCUT2D eigenvalue weighted by Crippen LogP contribution is -2.35. The van der Waals surface area contributed by atoms with E-state index in [0.717, 1.165) is 49.9 Å². The molecule has 3 rings (SSSR count). The van der Waals surface area contributed by atoms with Crippen LogP contribution in [0.4, 0.5) is 4.79 Å². The summed E-state index contributed by atoms with van der Waals surface area (Å²) in [7, 11) is 0. The molecule has 2 aromatic rings. The minimum absolute atomic E-state index is 0.0896. The first-order valence-electron chi connectivity index (χ1n) is 13.9. The van der Waals surface area contributed by atoms with E-state index in [1.165, 1.54) is 19.3 Å². The van der Waals surface area contributed by atoms with Gasteiger partial charge in [0.05, 0.1) is 13.2 Å². The molecule has 0 saturated carbocycles. The topological polar surface area (TPSA) is 145 Å². The molecule has 2 aromatic carbocycles. The molecule has 1 fully saturated rings. The van der Waals surface area contributed by atoms with E-state index in [0.29, 0.717) is 24.3 Å². The van der Waals surface area contributed by atoms with Crippen LogP contribution >= 0.6 is 0 Å². The lowest BCUT2D eigenvalue weighted by atomic mass is 9.92. The average Bonchev–Trinajstić information content (AvgIpc) is 2.93. The molecule has 1 saturated heterocycles. The third-order valence-corrected chi connectivity index (χ3v) is 6.63. The number of amides is 1. The van der Waals surface area contributed by atoms with Crippen LogP contribution in [-0.4, -0.2) is 66.3 Å². The maximum absolute atomic E-state index is 11.8. The minimum atomic E-state index is -0.705. The average molecular weight is 554 g/mol. The number of hydrogen-bond acceptors (Lipinski definition) is 7. The highest BCUT2D eigenvalue weighted by atomic mass is 16.6. The zero-order valence-electron chi connectivity index (χ0n) is 23.8. The van der Waals surface area contributed by atoms with Crippen molar-refractivity contribution >= 4 is 17.8 Å². The van der Waals surface area contributed by atoms with Crippen molar-refractivity contribution in [2.75, 3.05) is 32.8 Å². The maximum Gasteiger partial charge on any atom is 0.436 e. The first-order valence-corrected chi connectivity index (χ1v) is 13.9. The summed E-state index contributed by atoms with van der Waals surface area (Å²) in [6.45, 7) is 9.91. The fourth-order valence-corrected chi connectivity index (χ4v) is 4.49. The molecule has 0 aliphatic carbocycles. The summed E-state index contributed by atoms with van der Waals surface area (Å²) in [6.07, 6.45) is 4.87. The second-order valence-corrected chi connectivity index (χ2v) is 11.0. The van der Waals surface area contributed by atoms with Crippen LogP contribution in [0.2, 0.25) is 0 Å². The van der Waals surface area contributed by atoms with E-state index in [1.807, 2.05) is 24.3 Å². The molecular weight excluding hydrogens is 510 g/mol. The summed E-state index contributed by atoms with van der Waals surface area (Å²) in [4.78, 5) is 18.2. The van der Waals surface area contributed by atoms with Crippen molar-refractivity contribution in [1.29, 1.82) is 0 Å². The molecule has 0 unspecified atom stereocenters. The number of carbonyl (C=O) groups is 1. The summed E-state index contributed by atoms with van der Waals surface area (Å²) >= 11 is 0. The molecule has 1 aliphatic heterocycles. The summed E-state index contributed by atoms with van der Waals surface area (Å²) < 4.78 is 16.9. The number of carbonyl (C=O) groups excluding carboxylic acids is 1. The third kappa shape index (κ3) is 10.8. The van der Waals surface area contributed by atoms with Crippen molar-refractivity contribution in [3.05, 3.63) is 59.7 Å². The van der Waals surface area contributed by atoms with Gasteiger partial charge in [-0.2, -0.15) is 4.99 Å². The number of likely N-dealkylation sites (tertiary alicyclic amines) is 1. The Bertz CT molecular complexity index is 1120. The van der Waals surface area contributed by atoms with Crippen LogP contribution in [0, 0.1) is 5.92 Å². The Hall–Kier alpha value is -3.79. The molecule has 10 nitrogen and oxygen atoms in total. The maximum atomic E-state index is 11.8. The van der Waals surface area contributed by atoms with Crippen LogP contribution in [-0.2, 0) is 4.74 Å². The van der Waals surface area contributed by atoms with Gasteiger partial charge in [-0.1, -0.05) is 5.16 Å². The van der Waals surface area contributed by atoms with Crippen LogP contribution in [0.25, 0.3) is 0 Å². The number of rotatable bonds is 12. The van der Waals surface area contributed by atoms with Crippen molar-refractivity contribution in [2.45, 2.75) is 58.5 Å². The number of oxime groups is 1. The van der Waals surface area contributed by atoms with Gasteiger partial charge in [-0.25, -0.2) is 4.79 Å². The summed E-state index contributed by atoms with van der Waals surface area (Å²) in [5.41, 5.74) is 12.2. The number of benzene rings is 2. The molecule has 0 atom stereocenters. The van der Waals surface area contributed by atoms with Gasteiger partial charge in [0.2, 0.25) is 0 Å². The van der Waals surface area contributed by atoms with Crippen LogP contribution in [0.15, 0.2) is 58.7 Å². The Kier molecular flexibility index (Phi) is 11.6. The van der Waals surface area contributed by atoms with Gasteiger partial charge in [0, 0.05) is 17.7 Å². The normalized spacial score (nSPS) is 15.6. The lowest BCUT2D eigenvalue weighted by molar-refractivity contribution is 0.0604. The molecule has 10 heteroatoms. The molecular formula is C30H43N5O5. The van der Waals surface area contributed by atoms with Crippen LogP contribution in [0.1, 0.15) is 64.0 Å². The first-order chi connectivity index (χ1) is 19.1. The second-order valence-electron chi connectivity index (χ2n) is 11.0. The van der Waals surface area contributed by atoms with Crippen molar-refractivity contribution in [2.24, 2.45) is 27.5 Å². The fraction of sp³-hybridized carbons (Fsp3) is 0.500. The summed E-state index contributed by atoms with van der Waals surface area (Å²) in [5.74, 6) is 2.49. The van der Waals surface area contributed by atoms with E-state index >= 15 is 0 Å². The van der Waals surface area contributed by atoms with Gasteiger partial charge in [-0.15, -0.1) is 0 Å². The molecule has 40 heavy (non-hydrogen) atoms. The molecule has 0 radical (unpaired) electrons. The van der Waals surface area contributed by atoms with Gasteiger partial charge in [0.25, 0.3) is 0 Å². The highest BCUT2D eigenvalue weighted by molar-refractivity contribution is 6.02. The van der Waals surface area contributed by atoms with Crippen LogP contribution in [0.5, 0.6) is 11.5 Å². The van der Waals surface area contributed by atoms with E-state index in [-0.39, 0.29) is 11.7 Å². The predicted octanol–water partition coefficient (Wildman–Crippen LogP) is 4.76. The van der Waals surface area contributed by atoms with Gasteiger partial charge in [0.15, 0.2) is 5.84 Å². The van der Waals surface area contributed by atoms with Gasteiger partial charge < -0.3 is 35.8 Å². The monoisotopic (exact) mass is 553 g/mol. The first kappa shape index (κ1) is 30.7. The number of aliphatic imine (C=N–C) groups is 1. The molecule has 0 spiro atoms. The predicted molar refractivity (Wildman–Crippen MR) is 156 cm³/mol. The Morgan fingerprint density at radius 3 is 1.95 bits per heavy atom. The largest absolute Gasteiger partial charge is 0.494 e.